The van der Waals surface area contributed by atoms with Crippen molar-refractivity contribution < 1.29 is 8.42 Å². The summed E-state index contributed by atoms with van der Waals surface area (Å²) in [5.41, 5.74) is 2.31. The van der Waals surface area contributed by atoms with Crippen LogP contribution in [0.4, 0.5) is 0 Å². The van der Waals surface area contributed by atoms with Gasteiger partial charge in [-0.05, 0) is 55.5 Å². The van der Waals surface area contributed by atoms with Crippen LogP contribution >= 0.6 is 31.9 Å². The summed E-state index contributed by atoms with van der Waals surface area (Å²) in [4.78, 5) is 0. The molecule has 0 aliphatic carbocycles. The number of benzene rings is 1. The molecule has 1 N–H and O–H groups in total. The average Bonchev–Trinajstić information content (AvgIpc) is 2.76. The molecule has 0 saturated carbocycles. The van der Waals surface area contributed by atoms with Gasteiger partial charge in [0.05, 0.1) is 11.5 Å². The molecule has 1 saturated heterocycles. The minimum Gasteiger partial charge on any atom is -0.310 e. The zero-order valence-corrected chi connectivity index (χ0v) is 16.3. The third-order valence-electron chi connectivity index (χ3n) is 3.97. The van der Waals surface area contributed by atoms with E-state index in [9.17, 15) is 8.42 Å². The Bertz CT molecular complexity index is 616. The smallest absolute Gasteiger partial charge is 0.150 e. The number of halogens is 2. The standard InChI is InChI=1S/C15H21Br2NO2S/c1-3-5-18-15(11-4-6-21(19,20)9-11)12-8-13(16)10(2)7-14(12)17/h7-8,11,15,18H,3-6,9H2,1-2H3. The number of aryl methyl sites for hydroxylation is 1. The normalized spacial score (nSPS) is 22.4. The monoisotopic (exact) mass is 437 g/mol. The van der Waals surface area contributed by atoms with Crippen LogP contribution in [0.15, 0.2) is 21.1 Å². The van der Waals surface area contributed by atoms with Crippen LogP contribution in [0, 0.1) is 12.8 Å². The molecule has 0 aromatic heterocycles. The van der Waals surface area contributed by atoms with Gasteiger partial charge in [0.25, 0.3) is 0 Å². The van der Waals surface area contributed by atoms with Crippen molar-refractivity contribution in [3.8, 4) is 0 Å². The minimum absolute atomic E-state index is 0.0773. The molecular formula is C15H21Br2NO2S. The third-order valence-corrected chi connectivity index (χ3v) is 7.30. The summed E-state index contributed by atoms with van der Waals surface area (Å²) in [6, 6.07) is 4.27. The van der Waals surface area contributed by atoms with Crippen LogP contribution in [0.2, 0.25) is 0 Å². The number of hydrogen-bond acceptors (Lipinski definition) is 3. The van der Waals surface area contributed by atoms with Crippen molar-refractivity contribution in [3.63, 3.8) is 0 Å². The molecule has 1 fully saturated rings. The lowest BCUT2D eigenvalue weighted by Crippen LogP contribution is -2.30. The lowest BCUT2D eigenvalue weighted by molar-refractivity contribution is 0.391. The first-order chi connectivity index (χ1) is 9.84. The van der Waals surface area contributed by atoms with Crippen LogP contribution in [0.3, 0.4) is 0 Å². The summed E-state index contributed by atoms with van der Waals surface area (Å²) in [5, 5.41) is 3.54. The van der Waals surface area contributed by atoms with Crippen LogP contribution in [0.5, 0.6) is 0 Å². The number of nitrogens with one attached hydrogen (secondary N) is 1. The summed E-state index contributed by atoms with van der Waals surface area (Å²) >= 11 is 7.22. The van der Waals surface area contributed by atoms with Gasteiger partial charge in [-0.2, -0.15) is 0 Å². The molecule has 0 spiro atoms. The van der Waals surface area contributed by atoms with E-state index in [2.05, 4.69) is 56.2 Å². The molecule has 2 rings (SSSR count). The van der Waals surface area contributed by atoms with Crippen molar-refractivity contribution in [2.45, 2.75) is 32.7 Å². The number of sulfone groups is 1. The topological polar surface area (TPSA) is 46.2 Å². The quantitative estimate of drug-likeness (QED) is 0.755. The van der Waals surface area contributed by atoms with Gasteiger partial charge >= 0.3 is 0 Å². The van der Waals surface area contributed by atoms with E-state index in [4.69, 9.17) is 0 Å². The second-order valence-electron chi connectivity index (χ2n) is 5.72. The Kier molecular flexibility index (Phi) is 5.91. The summed E-state index contributed by atoms with van der Waals surface area (Å²) in [5.74, 6) is 0.742. The van der Waals surface area contributed by atoms with Gasteiger partial charge in [-0.3, -0.25) is 0 Å². The van der Waals surface area contributed by atoms with Crippen molar-refractivity contribution in [3.05, 3.63) is 32.2 Å². The second-order valence-corrected chi connectivity index (χ2v) is 9.66. The molecule has 1 aliphatic rings. The molecule has 0 amide bonds. The fourth-order valence-corrected chi connectivity index (χ4v) is 5.72. The molecular weight excluding hydrogens is 418 g/mol. The van der Waals surface area contributed by atoms with E-state index in [0.717, 1.165) is 33.9 Å². The molecule has 0 bridgehead atoms. The first-order valence-electron chi connectivity index (χ1n) is 7.23. The Morgan fingerprint density at radius 3 is 2.62 bits per heavy atom. The summed E-state index contributed by atoms with van der Waals surface area (Å²) < 4.78 is 25.7. The molecule has 1 heterocycles. The molecule has 6 heteroatoms. The Morgan fingerprint density at radius 1 is 1.33 bits per heavy atom. The van der Waals surface area contributed by atoms with Gasteiger partial charge in [0.15, 0.2) is 9.84 Å². The van der Waals surface area contributed by atoms with Gasteiger partial charge < -0.3 is 5.32 Å². The highest BCUT2D eigenvalue weighted by molar-refractivity contribution is 9.11. The van der Waals surface area contributed by atoms with Gasteiger partial charge in [0, 0.05) is 15.0 Å². The van der Waals surface area contributed by atoms with Gasteiger partial charge in [-0.15, -0.1) is 0 Å². The maximum Gasteiger partial charge on any atom is 0.150 e. The van der Waals surface area contributed by atoms with E-state index in [1.54, 1.807) is 0 Å². The largest absolute Gasteiger partial charge is 0.310 e. The van der Waals surface area contributed by atoms with E-state index in [1.165, 1.54) is 5.56 Å². The van der Waals surface area contributed by atoms with E-state index >= 15 is 0 Å². The molecule has 2 unspecified atom stereocenters. The number of hydrogen-bond donors (Lipinski definition) is 1. The third kappa shape index (κ3) is 4.30. The van der Waals surface area contributed by atoms with Gasteiger partial charge in [-0.25, -0.2) is 8.42 Å². The number of rotatable bonds is 5. The fraction of sp³-hybridized carbons (Fsp3) is 0.600. The van der Waals surface area contributed by atoms with Crippen molar-refractivity contribution in [1.82, 2.24) is 5.32 Å². The molecule has 3 nitrogen and oxygen atoms in total. The highest BCUT2D eigenvalue weighted by atomic mass is 79.9. The summed E-state index contributed by atoms with van der Waals surface area (Å²) in [7, 11) is -2.87. The second kappa shape index (κ2) is 7.11. The molecule has 21 heavy (non-hydrogen) atoms. The van der Waals surface area contributed by atoms with E-state index in [0.29, 0.717) is 5.75 Å². The van der Waals surface area contributed by atoms with E-state index in [-0.39, 0.29) is 17.7 Å². The highest BCUT2D eigenvalue weighted by Gasteiger charge is 2.35. The Balaban J connectivity index is 2.34. The minimum atomic E-state index is -2.87. The van der Waals surface area contributed by atoms with Crippen LogP contribution < -0.4 is 5.32 Å². The van der Waals surface area contributed by atoms with E-state index < -0.39 is 9.84 Å². The van der Waals surface area contributed by atoms with Crippen LogP contribution in [0.25, 0.3) is 0 Å². The lowest BCUT2D eigenvalue weighted by atomic mass is 9.92. The first kappa shape index (κ1) is 17.4. The van der Waals surface area contributed by atoms with Gasteiger partial charge in [-0.1, -0.05) is 38.8 Å². The predicted octanol–water partition coefficient (Wildman–Crippen LogP) is 4.00. The molecule has 2 atom stereocenters. The molecule has 1 aromatic carbocycles. The van der Waals surface area contributed by atoms with E-state index in [1.807, 2.05) is 6.92 Å². The van der Waals surface area contributed by atoms with Crippen molar-refractivity contribution in [1.29, 1.82) is 0 Å². The van der Waals surface area contributed by atoms with Crippen molar-refractivity contribution >= 4 is 41.7 Å². The Labute approximate surface area is 144 Å². The SMILES string of the molecule is CCCNC(c1cc(Br)c(C)cc1Br)C1CCS(=O)(=O)C1. The van der Waals surface area contributed by atoms with Gasteiger partial charge in [0.2, 0.25) is 0 Å². The zero-order valence-electron chi connectivity index (χ0n) is 12.3. The zero-order chi connectivity index (χ0) is 15.6. The van der Waals surface area contributed by atoms with Crippen LogP contribution in [-0.4, -0.2) is 26.5 Å². The Morgan fingerprint density at radius 2 is 2.05 bits per heavy atom. The first-order valence-corrected chi connectivity index (χ1v) is 10.6. The average molecular weight is 439 g/mol. The Hall–Kier alpha value is 0.0900. The van der Waals surface area contributed by atoms with Crippen LogP contribution in [0.1, 0.15) is 36.9 Å². The molecule has 118 valence electrons. The summed E-state index contributed by atoms with van der Waals surface area (Å²) in [6.07, 6.45) is 1.77. The summed E-state index contributed by atoms with van der Waals surface area (Å²) in [6.45, 7) is 5.06. The maximum absolute atomic E-state index is 11.8. The lowest BCUT2D eigenvalue weighted by Gasteiger charge is -2.26. The molecule has 0 radical (unpaired) electrons. The molecule has 1 aromatic rings. The fourth-order valence-electron chi connectivity index (χ4n) is 2.82. The molecule has 1 aliphatic heterocycles. The highest BCUT2D eigenvalue weighted by Crippen LogP contribution is 2.37. The van der Waals surface area contributed by atoms with Crippen molar-refractivity contribution in [2.75, 3.05) is 18.1 Å². The van der Waals surface area contributed by atoms with Crippen LogP contribution in [-0.2, 0) is 9.84 Å². The maximum atomic E-state index is 11.8. The van der Waals surface area contributed by atoms with Crippen molar-refractivity contribution in [2.24, 2.45) is 5.92 Å². The van der Waals surface area contributed by atoms with Gasteiger partial charge in [0.1, 0.15) is 0 Å². The predicted molar refractivity (Wildman–Crippen MR) is 94.4 cm³/mol.